The lowest BCUT2D eigenvalue weighted by atomic mass is 9.78. The maximum absolute atomic E-state index is 3.27. The SMILES string of the molecule is CCCCCc1ccc([C@H]2CC[C@H](C=CC#Cc3ccc(CCC)cc3)CC2)cc1. The minimum absolute atomic E-state index is 0.691. The Morgan fingerprint density at radius 2 is 1.43 bits per heavy atom. The third-order valence-corrected chi connectivity index (χ3v) is 6.45. The van der Waals surface area contributed by atoms with Crippen molar-refractivity contribution < 1.29 is 0 Å². The summed E-state index contributed by atoms with van der Waals surface area (Å²) in [6, 6.07) is 18.2. The predicted molar refractivity (Wildman–Crippen MR) is 131 cm³/mol. The highest BCUT2D eigenvalue weighted by molar-refractivity contribution is 5.38. The summed E-state index contributed by atoms with van der Waals surface area (Å²) in [4.78, 5) is 0. The van der Waals surface area contributed by atoms with Crippen LogP contribution in [0.15, 0.2) is 60.7 Å². The van der Waals surface area contributed by atoms with E-state index in [1.54, 1.807) is 5.56 Å². The van der Waals surface area contributed by atoms with Crippen LogP contribution >= 0.6 is 0 Å². The van der Waals surface area contributed by atoms with Gasteiger partial charge in [0.2, 0.25) is 0 Å². The molecule has 0 bridgehead atoms. The monoisotopic (exact) mass is 398 g/mol. The smallest absolute Gasteiger partial charge is 0.0249 e. The molecule has 0 spiro atoms. The fraction of sp³-hybridized carbons (Fsp3) is 0.467. The van der Waals surface area contributed by atoms with Crippen molar-refractivity contribution in [1.29, 1.82) is 0 Å². The molecule has 3 rings (SSSR count). The molecule has 0 atom stereocenters. The van der Waals surface area contributed by atoms with Gasteiger partial charge in [-0.3, -0.25) is 0 Å². The lowest BCUT2D eigenvalue weighted by molar-refractivity contribution is 0.376. The van der Waals surface area contributed by atoms with E-state index in [4.69, 9.17) is 0 Å². The van der Waals surface area contributed by atoms with Crippen molar-refractivity contribution >= 4 is 0 Å². The molecule has 1 aliphatic carbocycles. The third-order valence-electron chi connectivity index (χ3n) is 6.45. The molecule has 0 nitrogen and oxygen atoms in total. The second kappa shape index (κ2) is 12.4. The zero-order valence-electron chi connectivity index (χ0n) is 19.0. The van der Waals surface area contributed by atoms with Crippen LogP contribution in [0.1, 0.15) is 93.4 Å². The number of benzene rings is 2. The summed E-state index contributed by atoms with van der Waals surface area (Å²) >= 11 is 0. The number of hydrogen-bond donors (Lipinski definition) is 0. The summed E-state index contributed by atoms with van der Waals surface area (Å²) in [5.74, 6) is 7.95. The molecule has 0 amide bonds. The molecule has 158 valence electrons. The zero-order valence-corrected chi connectivity index (χ0v) is 19.0. The van der Waals surface area contributed by atoms with Gasteiger partial charge in [0.25, 0.3) is 0 Å². The van der Waals surface area contributed by atoms with Gasteiger partial charge in [0.05, 0.1) is 0 Å². The van der Waals surface area contributed by atoms with Crippen LogP contribution < -0.4 is 0 Å². The van der Waals surface area contributed by atoms with Gasteiger partial charge >= 0.3 is 0 Å². The maximum atomic E-state index is 3.27. The molecule has 0 aliphatic heterocycles. The number of unbranched alkanes of at least 4 members (excludes halogenated alkanes) is 2. The Kier molecular flexibility index (Phi) is 9.30. The zero-order chi connectivity index (χ0) is 21.0. The van der Waals surface area contributed by atoms with Gasteiger partial charge in [-0.2, -0.15) is 0 Å². The van der Waals surface area contributed by atoms with Gasteiger partial charge in [-0.15, -0.1) is 0 Å². The molecular weight excluding hydrogens is 360 g/mol. The van der Waals surface area contributed by atoms with Gasteiger partial charge in [0.15, 0.2) is 0 Å². The van der Waals surface area contributed by atoms with Crippen LogP contribution in [0.5, 0.6) is 0 Å². The van der Waals surface area contributed by atoms with Crippen LogP contribution in [0.25, 0.3) is 0 Å². The van der Waals surface area contributed by atoms with E-state index in [-0.39, 0.29) is 0 Å². The Morgan fingerprint density at radius 3 is 2.10 bits per heavy atom. The number of hydrogen-bond acceptors (Lipinski definition) is 0. The summed E-state index contributed by atoms with van der Waals surface area (Å²) < 4.78 is 0. The summed E-state index contributed by atoms with van der Waals surface area (Å²) in [6.07, 6.45) is 17.1. The Morgan fingerprint density at radius 1 is 0.767 bits per heavy atom. The van der Waals surface area contributed by atoms with Crippen LogP contribution in [0, 0.1) is 17.8 Å². The van der Waals surface area contributed by atoms with Gasteiger partial charge < -0.3 is 0 Å². The van der Waals surface area contributed by atoms with E-state index in [0.29, 0.717) is 5.92 Å². The molecule has 2 aromatic carbocycles. The average molecular weight is 399 g/mol. The van der Waals surface area contributed by atoms with E-state index in [1.807, 2.05) is 0 Å². The fourth-order valence-electron chi connectivity index (χ4n) is 4.53. The highest BCUT2D eigenvalue weighted by Crippen LogP contribution is 2.36. The lowest BCUT2D eigenvalue weighted by Gasteiger charge is -2.27. The number of aryl methyl sites for hydroxylation is 2. The Balaban J connectivity index is 1.43. The van der Waals surface area contributed by atoms with Gasteiger partial charge in [0, 0.05) is 5.56 Å². The van der Waals surface area contributed by atoms with Crippen molar-refractivity contribution in [3.8, 4) is 11.8 Å². The highest BCUT2D eigenvalue weighted by atomic mass is 14.3. The van der Waals surface area contributed by atoms with Gasteiger partial charge in [-0.05, 0) is 91.7 Å². The van der Waals surface area contributed by atoms with Crippen LogP contribution in [-0.4, -0.2) is 0 Å². The quantitative estimate of drug-likeness (QED) is 0.310. The van der Waals surface area contributed by atoms with Gasteiger partial charge in [0.1, 0.15) is 0 Å². The molecule has 1 aliphatic rings. The summed E-state index contributed by atoms with van der Waals surface area (Å²) in [7, 11) is 0. The fourth-order valence-corrected chi connectivity index (χ4v) is 4.53. The number of allylic oxidation sites excluding steroid dienone is 2. The van der Waals surface area contributed by atoms with Crippen molar-refractivity contribution in [2.75, 3.05) is 0 Å². The summed E-state index contributed by atoms with van der Waals surface area (Å²) in [5.41, 5.74) is 5.56. The van der Waals surface area contributed by atoms with Crippen LogP contribution in [0.3, 0.4) is 0 Å². The van der Waals surface area contributed by atoms with Crippen LogP contribution in [0.4, 0.5) is 0 Å². The van der Waals surface area contributed by atoms with Gasteiger partial charge in [-0.1, -0.05) is 87.4 Å². The largest absolute Gasteiger partial charge is 0.0730 e. The standard InChI is InChI=1S/C30H38/c1-3-5-6-10-27-17-21-29(22-18-27)30-23-19-28(20-24-30)12-8-7-11-26-15-13-25(9-4-2)14-16-26/h8,12-18,21-22,28,30H,3-6,9-10,19-20,23-24H2,1-2H3/t28-,30-. The van der Waals surface area contributed by atoms with Crippen LogP contribution in [0.2, 0.25) is 0 Å². The first-order chi connectivity index (χ1) is 14.8. The van der Waals surface area contributed by atoms with Crippen molar-refractivity contribution in [2.45, 2.75) is 84.0 Å². The first-order valence-corrected chi connectivity index (χ1v) is 12.1. The van der Waals surface area contributed by atoms with Crippen molar-refractivity contribution in [3.05, 3.63) is 82.9 Å². The van der Waals surface area contributed by atoms with Crippen molar-refractivity contribution in [3.63, 3.8) is 0 Å². The Hall–Kier alpha value is -2.26. The van der Waals surface area contributed by atoms with E-state index < -0.39 is 0 Å². The second-order valence-corrected chi connectivity index (χ2v) is 8.89. The van der Waals surface area contributed by atoms with Crippen molar-refractivity contribution in [2.24, 2.45) is 5.92 Å². The first kappa shape index (κ1) is 22.4. The lowest BCUT2D eigenvalue weighted by Crippen LogP contribution is -2.11. The molecule has 2 aromatic rings. The minimum Gasteiger partial charge on any atom is -0.0730 e. The predicted octanol–water partition coefficient (Wildman–Crippen LogP) is 8.25. The molecule has 0 saturated heterocycles. The molecular formula is C30H38. The van der Waals surface area contributed by atoms with Crippen molar-refractivity contribution in [1.82, 2.24) is 0 Å². The molecule has 0 heteroatoms. The maximum Gasteiger partial charge on any atom is 0.0249 e. The average Bonchev–Trinajstić information content (AvgIpc) is 2.79. The molecule has 0 unspecified atom stereocenters. The minimum atomic E-state index is 0.691. The van der Waals surface area contributed by atoms with Gasteiger partial charge in [-0.25, -0.2) is 0 Å². The molecule has 0 N–H and O–H groups in total. The third kappa shape index (κ3) is 7.21. The molecule has 1 saturated carbocycles. The normalized spacial score (nSPS) is 18.9. The van der Waals surface area contributed by atoms with E-state index in [9.17, 15) is 0 Å². The van der Waals surface area contributed by atoms with E-state index in [0.717, 1.165) is 17.9 Å². The summed E-state index contributed by atoms with van der Waals surface area (Å²) in [6.45, 7) is 4.49. The highest BCUT2D eigenvalue weighted by Gasteiger charge is 2.20. The molecule has 1 fully saturated rings. The molecule has 0 aromatic heterocycles. The number of rotatable bonds is 8. The topological polar surface area (TPSA) is 0 Å². The Bertz CT molecular complexity index is 818. The molecule has 0 radical (unpaired) electrons. The first-order valence-electron chi connectivity index (χ1n) is 12.1. The van der Waals surface area contributed by atoms with E-state index in [2.05, 4.69) is 86.4 Å². The Labute approximate surface area is 184 Å². The van der Waals surface area contributed by atoms with E-state index >= 15 is 0 Å². The summed E-state index contributed by atoms with van der Waals surface area (Å²) in [5, 5.41) is 0. The molecule has 0 heterocycles. The second-order valence-electron chi connectivity index (χ2n) is 8.89. The molecule has 30 heavy (non-hydrogen) atoms. The van der Waals surface area contributed by atoms with Crippen LogP contribution in [-0.2, 0) is 12.8 Å². The van der Waals surface area contributed by atoms with E-state index in [1.165, 1.54) is 68.9 Å².